The lowest BCUT2D eigenvalue weighted by Gasteiger charge is -2.43. The summed E-state index contributed by atoms with van der Waals surface area (Å²) in [6, 6.07) is 12.1. The van der Waals surface area contributed by atoms with E-state index in [2.05, 4.69) is 27.0 Å². The van der Waals surface area contributed by atoms with Gasteiger partial charge in [-0.2, -0.15) is 0 Å². The van der Waals surface area contributed by atoms with Crippen molar-refractivity contribution in [3.05, 3.63) is 48.3 Å². The fourth-order valence-electron chi connectivity index (χ4n) is 3.04. The van der Waals surface area contributed by atoms with Crippen molar-refractivity contribution in [3.63, 3.8) is 0 Å². The zero-order chi connectivity index (χ0) is 15.6. The van der Waals surface area contributed by atoms with Crippen LogP contribution in [0.1, 0.15) is 18.9 Å². The second-order valence-corrected chi connectivity index (χ2v) is 6.24. The van der Waals surface area contributed by atoms with Crippen molar-refractivity contribution in [1.82, 2.24) is 9.97 Å². The SMILES string of the molecule is C[C@@]1(O)CCN(c2cc(N)ncn2)C[C@@H]1Cc1ccccc1. The first kappa shape index (κ1) is 14.8. The number of aliphatic hydroxyl groups is 1. The number of nitrogens with zero attached hydrogens (tertiary/aromatic N) is 3. The highest BCUT2D eigenvalue weighted by molar-refractivity contribution is 5.46. The predicted molar refractivity (Wildman–Crippen MR) is 87.5 cm³/mol. The Labute approximate surface area is 130 Å². The predicted octanol–water partition coefficient (Wildman–Crippen LogP) is 1.88. The molecule has 5 heteroatoms. The first-order valence-electron chi connectivity index (χ1n) is 7.63. The topological polar surface area (TPSA) is 75.3 Å². The summed E-state index contributed by atoms with van der Waals surface area (Å²) in [6.45, 7) is 3.47. The molecular formula is C17H22N4O. The molecule has 2 heterocycles. The largest absolute Gasteiger partial charge is 0.390 e. The second kappa shape index (κ2) is 5.93. The highest BCUT2D eigenvalue weighted by Crippen LogP contribution is 2.32. The van der Waals surface area contributed by atoms with E-state index < -0.39 is 5.60 Å². The lowest BCUT2D eigenvalue weighted by atomic mass is 9.79. The minimum Gasteiger partial charge on any atom is -0.390 e. The van der Waals surface area contributed by atoms with Gasteiger partial charge in [-0.25, -0.2) is 9.97 Å². The average Bonchev–Trinajstić information content (AvgIpc) is 2.50. The number of hydrogen-bond acceptors (Lipinski definition) is 5. The third-order valence-electron chi connectivity index (χ3n) is 4.53. The van der Waals surface area contributed by atoms with Crippen molar-refractivity contribution in [2.45, 2.75) is 25.4 Å². The van der Waals surface area contributed by atoms with Gasteiger partial charge in [0.25, 0.3) is 0 Å². The fraction of sp³-hybridized carbons (Fsp3) is 0.412. The minimum atomic E-state index is -0.662. The lowest BCUT2D eigenvalue weighted by molar-refractivity contribution is -0.0168. The number of nitrogens with two attached hydrogens (primary N) is 1. The van der Waals surface area contributed by atoms with Crippen LogP contribution in [0.5, 0.6) is 0 Å². The van der Waals surface area contributed by atoms with Gasteiger partial charge in [-0.3, -0.25) is 0 Å². The van der Waals surface area contributed by atoms with Crippen molar-refractivity contribution >= 4 is 11.6 Å². The molecule has 1 aromatic heterocycles. The molecule has 116 valence electrons. The summed E-state index contributed by atoms with van der Waals surface area (Å²) in [5.41, 5.74) is 6.33. The van der Waals surface area contributed by atoms with E-state index in [0.29, 0.717) is 12.2 Å². The van der Waals surface area contributed by atoms with Gasteiger partial charge in [-0.1, -0.05) is 30.3 Å². The Morgan fingerprint density at radius 1 is 1.32 bits per heavy atom. The van der Waals surface area contributed by atoms with E-state index in [1.165, 1.54) is 11.9 Å². The molecule has 1 aliphatic rings. The Morgan fingerprint density at radius 3 is 2.82 bits per heavy atom. The number of rotatable bonds is 3. The van der Waals surface area contributed by atoms with Crippen molar-refractivity contribution in [1.29, 1.82) is 0 Å². The van der Waals surface area contributed by atoms with Crippen LogP contribution in [-0.4, -0.2) is 33.8 Å². The zero-order valence-corrected chi connectivity index (χ0v) is 12.8. The summed E-state index contributed by atoms with van der Waals surface area (Å²) in [5, 5.41) is 10.7. The molecule has 0 saturated carbocycles. The molecule has 1 aliphatic heterocycles. The van der Waals surface area contributed by atoms with Crippen molar-refractivity contribution in [2.75, 3.05) is 23.7 Å². The van der Waals surface area contributed by atoms with E-state index in [-0.39, 0.29) is 5.92 Å². The molecule has 3 rings (SSSR count). The average molecular weight is 298 g/mol. The molecule has 0 bridgehead atoms. The molecule has 1 aromatic carbocycles. The maximum absolute atomic E-state index is 10.7. The zero-order valence-electron chi connectivity index (χ0n) is 12.8. The summed E-state index contributed by atoms with van der Waals surface area (Å²) in [5.74, 6) is 1.46. The summed E-state index contributed by atoms with van der Waals surface area (Å²) >= 11 is 0. The van der Waals surface area contributed by atoms with Gasteiger partial charge in [0, 0.05) is 25.1 Å². The van der Waals surface area contributed by atoms with Crippen LogP contribution in [0.3, 0.4) is 0 Å². The summed E-state index contributed by atoms with van der Waals surface area (Å²) in [6.07, 6.45) is 3.06. The highest BCUT2D eigenvalue weighted by atomic mass is 16.3. The molecule has 2 atom stereocenters. The summed E-state index contributed by atoms with van der Waals surface area (Å²) in [7, 11) is 0. The van der Waals surface area contributed by atoms with E-state index in [1.807, 2.05) is 25.1 Å². The van der Waals surface area contributed by atoms with Crippen LogP contribution in [0.25, 0.3) is 0 Å². The van der Waals surface area contributed by atoms with Crippen molar-refractivity contribution in [2.24, 2.45) is 5.92 Å². The number of hydrogen-bond donors (Lipinski definition) is 2. The smallest absolute Gasteiger partial charge is 0.134 e. The third-order valence-corrected chi connectivity index (χ3v) is 4.53. The molecule has 1 saturated heterocycles. The van der Waals surface area contributed by atoms with Gasteiger partial charge in [0.15, 0.2) is 0 Å². The number of piperidine rings is 1. The van der Waals surface area contributed by atoms with Gasteiger partial charge < -0.3 is 15.7 Å². The number of aromatic nitrogens is 2. The number of benzene rings is 1. The Kier molecular flexibility index (Phi) is 3.98. The van der Waals surface area contributed by atoms with Gasteiger partial charge in [0.05, 0.1) is 5.60 Å². The van der Waals surface area contributed by atoms with E-state index in [9.17, 15) is 5.11 Å². The summed E-state index contributed by atoms with van der Waals surface area (Å²) in [4.78, 5) is 10.4. The van der Waals surface area contributed by atoms with Crippen LogP contribution in [-0.2, 0) is 6.42 Å². The van der Waals surface area contributed by atoms with Gasteiger partial charge in [-0.05, 0) is 25.3 Å². The van der Waals surface area contributed by atoms with Crippen LogP contribution in [0.15, 0.2) is 42.7 Å². The fourth-order valence-corrected chi connectivity index (χ4v) is 3.04. The molecule has 3 N–H and O–H groups in total. The van der Waals surface area contributed by atoms with Gasteiger partial charge in [0.2, 0.25) is 0 Å². The normalized spacial score (nSPS) is 25.2. The monoisotopic (exact) mass is 298 g/mol. The van der Waals surface area contributed by atoms with Gasteiger partial charge >= 0.3 is 0 Å². The molecule has 5 nitrogen and oxygen atoms in total. The lowest BCUT2D eigenvalue weighted by Crippen LogP contribution is -2.51. The van der Waals surface area contributed by atoms with Crippen LogP contribution in [0, 0.1) is 5.92 Å². The first-order chi connectivity index (χ1) is 10.5. The molecule has 0 amide bonds. The van der Waals surface area contributed by atoms with Crippen LogP contribution in [0.2, 0.25) is 0 Å². The molecule has 1 fully saturated rings. The molecule has 22 heavy (non-hydrogen) atoms. The Balaban J connectivity index is 1.78. The van der Waals surface area contributed by atoms with E-state index in [4.69, 9.17) is 5.73 Å². The van der Waals surface area contributed by atoms with Crippen molar-refractivity contribution < 1.29 is 5.11 Å². The van der Waals surface area contributed by atoms with E-state index in [0.717, 1.165) is 25.3 Å². The Hall–Kier alpha value is -2.14. The van der Waals surface area contributed by atoms with Crippen molar-refractivity contribution in [3.8, 4) is 0 Å². The summed E-state index contributed by atoms with van der Waals surface area (Å²) < 4.78 is 0. The molecular weight excluding hydrogens is 276 g/mol. The maximum atomic E-state index is 10.7. The molecule has 2 aromatic rings. The van der Waals surface area contributed by atoms with Crippen LogP contribution >= 0.6 is 0 Å². The van der Waals surface area contributed by atoms with E-state index >= 15 is 0 Å². The second-order valence-electron chi connectivity index (χ2n) is 6.24. The number of anilines is 2. The quantitative estimate of drug-likeness (QED) is 0.905. The standard InChI is InChI=1S/C17H22N4O/c1-17(22)7-8-21(16-10-15(18)19-12-20-16)11-14(17)9-13-5-3-2-4-6-13/h2-6,10,12,14,22H,7-9,11H2,1H3,(H2,18,19,20)/t14-,17+/m0/s1. The van der Waals surface area contributed by atoms with E-state index in [1.54, 1.807) is 6.07 Å². The number of nitrogen functional groups attached to an aromatic ring is 1. The Morgan fingerprint density at radius 2 is 2.09 bits per heavy atom. The van der Waals surface area contributed by atoms with Crippen LogP contribution < -0.4 is 10.6 Å². The van der Waals surface area contributed by atoms with Crippen LogP contribution in [0.4, 0.5) is 11.6 Å². The van der Waals surface area contributed by atoms with Gasteiger partial charge in [0.1, 0.15) is 18.0 Å². The molecule has 0 radical (unpaired) electrons. The molecule has 0 unspecified atom stereocenters. The molecule has 0 spiro atoms. The minimum absolute atomic E-state index is 0.153. The first-order valence-corrected chi connectivity index (χ1v) is 7.63. The third kappa shape index (κ3) is 3.20. The van der Waals surface area contributed by atoms with Gasteiger partial charge in [-0.15, -0.1) is 0 Å². The maximum Gasteiger partial charge on any atom is 0.134 e. The highest BCUT2D eigenvalue weighted by Gasteiger charge is 2.37. The Bertz CT molecular complexity index is 630. The molecule has 0 aliphatic carbocycles.